The number of fused-ring (bicyclic) bond motifs is 1. The maximum absolute atomic E-state index is 13.7. The number of carbonyl (C=O) groups is 1. The molecule has 0 fully saturated rings. The number of aryl methyl sites for hydroxylation is 1. The van der Waals surface area contributed by atoms with Crippen LogP contribution in [0.1, 0.15) is 29.2 Å². The fourth-order valence-electron chi connectivity index (χ4n) is 2.78. The normalized spacial score (nSPS) is 12.9. The highest BCUT2D eigenvalue weighted by Gasteiger charge is 2.31. The summed E-state index contributed by atoms with van der Waals surface area (Å²) in [6.07, 6.45) is -5.01. The average Bonchev–Trinajstić information content (AvgIpc) is 3.00. The first kappa shape index (κ1) is 18.7. The minimum Gasteiger partial charge on any atom is -0.481 e. The van der Waals surface area contributed by atoms with E-state index in [0.29, 0.717) is 16.6 Å². The maximum atomic E-state index is 13.7. The number of hydrogen-bond acceptors (Lipinski definition) is 3. The van der Waals surface area contributed by atoms with Gasteiger partial charge < -0.3 is 15.4 Å². The van der Waals surface area contributed by atoms with Gasteiger partial charge in [-0.2, -0.15) is 13.2 Å². The van der Waals surface area contributed by atoms with Crippen LogP contribution in [0, 0.1) is 12.7 Å². The maximum Gasteiger partial charge on any atom is 0.416 e. The molecule has 27 heavy (non-hydrogen) atoms. The van der Waals surface area contributed by atoms with Crippen LogP contribution in [0.2, 0.25) is 0 Å². The van der Waals surface area contributed by atoms with Gasteiger partial charge in [0.1, 0.15) is 5.82 Å². The van der Waals surface area contributed by atoms with Crippen LogP contribution in [0.4, 0.5) is 23.5 Å². The second kappa shape index (κ2) is 6.90. The van der Waals surface area contributed by atoms with Crippen molar-refractivity contribution in [3.05, 3.63) is 58.9 Å². The SMILES string of the molecule is Cc1c(F)ccc2[nH]c(NC(CC(=O)O)c3cccc(C(F)(F)F)c3)nc12. The molecule has 1 aromatic heterocycles. The molecular formula is C18H15F4N3O2. The lowest BCUT2D eigenvalue weighted by Gasteiger charge is -2.18. The lowest BCUT2D eigenvalue weighted by molar-refractivity contribution is -0.138. The number of benzene rings is 2. The zero-order valence-corrected chi connectivity index (χ0v) is 14.1. The fraction of sp³-hybridized carbons (Fsp3) is 0.222. The average molecular weight is 381 g/mol. The van der Waals surface area contributed by atoms with Gasteiger partial charge in [0.05, 0.1) is 29.1 Å². The third-order valence-electron chi connectivity index (χ3n) is 4.15. The standard InChI is InChI=1S/C18H15F4N3O2/c1-9-12(19)5-6-13-16(9)25-17(23-13)24-14(8-15(26)27)10-3-2-4-11(7-10)18(20,21)22/h2-7,14H,8H2,1H3,(H,26,27)(H2,23,24,25). The van der Waals surface area contributed by atoms with Crippen LogP contribution in [0.15, 0.2) is 36.4 Å². The van der Waals surface area contributed by atoms with Crippen LogP contribution < -0.4 is 5.32 Å². The molecule has 0 bridgehead atoms. The number of hydrogen-bond donors (Lipinski definition) is 3. The molecule has 0 spiro atoms. The Labute approximate surface area is 151 Å². The third-order valence-corrected chi connectivity index (χ3v) is 4.15. The number of nitrogens with one attached hydrogen (secondary N) is 2. The number of rotatable bonds is 5. The molecule has 0 radical (unpaired) electrons. The molecule has 0 aliphatic carbocycles. The van der Waals surface area contributed by atoms with Crippen LogP contribution in [0.3, 0.4) is 0 Å². The topological polar surface area (TPSA) is 78.0 Å². The molecule has 3 N–H and O–H groups in total. The van der Waals surface area contributed by atoms with Crippen molar-refractivity contribution in [1.29, 1.82) is 0 Å². The molecule has 3 rings (SSSR count). The summed E-state index contributed by atoms with van der Waals surface area (Å²) < 4.78 is 52.5. The van der Waals surface area contributed by atoms with E-state index in [1.807, 2.05) is 0 Å². The van der Waals surface area contributed by atoms with Gasteiger partial charge in [-0.05, 0) is 36.8 Å². The summed E-state index contributed by atoms with van der Waals surface area (Å²) in [7, 11) is 0. The van der Waals surface area contributed by atoms with Gasteiger partial charge in [0.2, 0.25) is 5.95 Å². The number of halogens is 4. The Bertz CT molecular complexity index is 998. The van der Waals surface area contributed by atoms with Crippen molar-refractivity contribution < 1.29 is 27.5 Å². The summed E-state index contributed by atoms with van der Waals surface area (Å²) in [6, 6.07) is 6.21. The van der Waals surface area contributed by atoms with Gasteiger partial charge in [0.15, 0.2) is 0 Å². The summed E-state index contributed by atoms with van der Waals surface area (Å²) in [5.74, 6) is -1.49. The molecule has 142 valence electrons. The molecule has 1 atom stereocenters. The molecule has 9 heteroatoms. The number of aromatic amines is 1. The first-order valence-electron chi connectivity index (χ1n) is 7.95. The van der Waals surface area contributed by atoms with Crippen LogP contribution in [-0.4, -0.2) is 21.0 Å². The molecule has 0 saturated carbocycles. The summed E-state index contributed by atoms with van der Waals surface area (Å²) >= 11 is 0. The number of nitrogens with zero attached hydrogens (tertiary/aromatic N) is 1. The van der Waals surface area contributed by atoms with Crippen molar-refractivity contribution >= 4 is 23.0 Å². The monoisotopic (exact) mass is 381 g/mol. The number of imidazole rings is 1. The van der Waals surface area contributed by atoms with E-state index in [1.54, 1.807) is 6.92 Å². The van der Waals surface area contributed by atoms with E-state index in [4.69, 9.17) is 5.11 Å². The molecule has 1 heterocycles. The minimum absolute atomic E-state index is 0.141. The minimum atomic E-state index is -4.54. The molecule has 0 amide bonds. The number of aliphatic carboxylic acids is 1. The van der Waals surface area contributed by atoms with Gasteiger partial charge in [-0.3, -0.25) is 4.79 Å². The van der Waals surface area contributed by atoms with Crippen molar-refractivity contribution in [2.24, 2.45) is 0 Å². The zero-order chi connectivity index (χ0) is 19.8. The fourth-order valence-corrected chi connectivity index (χ4v) is 2.78. The van der Waals surface area contributed by atoms with Gasteiger partial charge >= 0.3 is 12.1 Å². The second-order valence-corrected chi connectivity index (χ2v) is 6.07. The molecule has 0 aliphatic rings. The highest BCUT2D eigenvalue weighted by atomic mass is 19.4. The first-order valence-corrected chi connectivity index (χ1v) is 7.95. The molecule has 0 aliphatic heterocycles. The highest BCUT2D eigenvalue weighted by molar-refractivity contribution is 5.81. The number of carboxylic acid groups (broad SMARTS) is 1. The van der Waals surface area contributed by atoms with Gasteiger partial charge in [0.25, 0.3) is 0 Å². The van der Waals surface area contributed by atoms with Crippen molar-refractivity contribution in [3.63, 3.8) is 0 Å². The van der Waals surface area contributed by atoms with Crippen LogP contribution in [-0.2, 0) is 11.0 Å². The van der Waals surface area contributed by atoms with E-state index in [-0.39, 0.29) is 11.5 Å². The Morgan fingerprint density at radius 3 is 2.70 bits per heavy atom. The summed E-state index contributed by atoms with van der Waals surface area (Å²) in [4.78, 5) is 18.3. The largest absolute Gasteiger partial charge is 0.481 e. The number of aromatic nitrogens is 2. The van der Waals surface area contributed by atoms with Crippen molar-refractivity contribution in [3.8, 4) is 0 Å². The van der Waals surface area contributed by atoms with Gasteiger partial charge in [0, 0.05) is 5.56 Å². The number of anilines is 1. The zero-order valence-electron chi connectivity index (χ0n) is 14.1. The Hall–Kier alpha value is -3.10. The smallest absolute Gasteiger partial charge is 0.416 e. The van der Waals surface area contributed by atoms with E-state index in [1.165, 1.54) is 24.3 Å². The van der Waals surface area contributed by atoms with E-state index in [9.17, 15) is 22.4 Å². The van der Waals surface area contributed by atoms with E-state index in [2.05, 4.69) is 15.3 Å². The van der Waals surface area contributed by atoms with E-state index < -0.39 is 36.0 Å². The molecule has 2 aromatic carbocycles. The Morgan fingerprint density at radius 1 is 1.30 bits per heavy atom. The van der Waals surface area contributed by atoms with Crippen LogP contribution in [0.5, 0.6) is 0 Å². The Kier molecular flexibility index (Phi) is 4.77. The summed E-state index contributed by atoms with van der Waals surface area (Å²) in [6.45, 7) is 1.55. The summed E-state index contributed by atoms with van der Waals surface area (Å²) in [5, 5.41) is 11.9. The predicted molar refractivity (Wildman–Crippen MR) is 90.8 cm³/mol. The summed E-state index contributed by atoms with van der Waals surface area (Å²) in [5.41, 5.74) is 0.464. The number of carboxylic acids is 1. The molecule has 1 unspecified atom stereocenters. The van der Waals surface area contributed by atoms with Crippen LogP contribution in [0.25, 0.3) is 11.0 Å². The predicted octanol–water partition coefficient (Wildman–Crippen LogP) is 4.66. The van der Waals surface area contributed by atoms with Gasteiger partial charge in [-0.25, -0.2) is 9.37 Å². The second-order valence-electron chi connectivity index (χ2n) is 6.07. The lowest BCUT2D eigenvalue weighted by atomic mass is 10.0. The molecule has 3 aromatic rings. The molecule has 5 nitrogen and oxygen atoms in total. The molecular weight excluding hydrogens is 366 g/mol. The highest BCUT2D eigenvalue weighted by Crippen LogP contribution is 2.32. The van der Waals surface area contributed by atoms with E-state index >= 15 is 0 Å². The Balaban J connectivity index is 1.97. The van der Waals surface area contributed by atoms with Crippen molar-refractivity contribution in [2.75, 3.05) is 5.32 Å². The lowest BCUT2D eigenvalue weighted by Crippen LogP contribution is -2.17. The number of H-pyrrole nitrogens is 1. The quantitative estimate of drug-likeness (QED) is 0.562. The van der Waals surface area contributed by atoms with Crippen molar-refractivity contribution in [2.45, 2.75) is 25.6 Å². The van der Waals surface area contributed by atoms with Crippen molar-refractivity contribution in [1.82, 2.24) is 9.97 Å². The van der Waals surface area contributed by atoms with E-state index in [0.717, 1.165) is 12.1 Å². The van der Waals surface area contributed by atoms with Crippen LogP contribution >= 0.6 is 0 Å². The van der Waals surface area contributed by atoms with Gasteiger partial charge in [-0.1, -0.05) is 12.1 Å². The Morgan fingerprint density at radius 2 is 2.04 bits per heavy atom. The number of alkyl halides is 3. The molecule has 0 saturated heterocycles. The van der Waals surface area contributed by atoms with Gasteiger partial charge in [-0.15, -0.1) is 0 Å². The third kappa shape index (κ3) is 4.02. The first-order chi connectivity index (χ1) is 12.6.